The summed E-state index contributed by atoms with van der Waals surface area (Å²) in [6.45, 7) is 4.24. The average molecular weight is 501 g/mol. The second kappa shape index (κ2) is 11.4. The van der Waals surface area contributed by atoms with Crippen molar-refractivity contribution < 1.29 is 13.2 Å². The number of nitrogens with zero attached hydrogens (tertiary/aromatic N) is 1. The number of benzene rings is 4. The normalized spacial score (nSPS) is 12.3. The third-order valence-corrected chi connectivity index (χ3v) is 8.13. The predicted molar refractivity (Wildman–Crippen MR) is 147 cm³/mol. The van der Waals surface area contributed by atoms with Gasteiger partial charge in [-0.25, -0.2) is 8.42 Å². The van der Waals surface area contributed by atoms with Crippen LogP contribution in [0.5, 0.6) is 0 Å². The summed E-state index contributed by atoms with van der Waals surface area (Å²) in [5.41, 5.74) is 2.64. The van der Waals surface area contributed by atoms with E-state index in [1.807, 2.05) is 31.2 Å². The van der Waals surface area contributed by atoms with Gasteiger partial charge in [-0.3, -0.25) is 9.10 Å². The average Bonchev–Trinajstić information content (AvgIpc) is 2.91. The Morgan fingerprint density at radius 3 is 2.25 bits per heavy atom. The molecule has 5 nitrogen and oxygen atoms in total. The van der Waals surface area contributed by atoms with Gasteiger partial charge in [-0.1, -0.05) is 92.7 Å². The van der Waals surface area contributed by atoms with Crippen molar-refractivity contribution in [2.24, 2.45) is 5.92 Å². The molecule has 0 saturated carbocycles. The number of hydrogen-bond acceptors (Lipinski definition) is 3. The number of aryl methyl sites for hydroxylation is 1. The van der Waals surface area contributed by atoms with Gasteiger partial charge in [0, 0.05) is 6.54 Å². The fourth-order valence-corrected chi connectivity index (χ4v) is 5.94. The molecule has 0 fully saturated rings. The molecule has 36 heavy (non-hydrogen) atoms. The Balaban J connectivity index is 1.50. The van der Waals surface area contributed by atoms with Crippen LogP contribution in [-0.2, 0) is 27.7 Å². The second-order valence-corrected chi connectivity index (χ2v) is 10.9. The van der Waals surface area contributed by atoms with Gasteiger partial charge in [0.15, 0.2) is 0 Å². The number of rotatable bonds is 10. The number of sulfonamides is 1. The first kappa shape index (κ1) is 25.5. The van der Waals surface area contributed by atoms with E-state index in [9.17, 15) is 13.2 Å². The maximum Gasteiger partial charge on any atom is 0.264 e. The van der Waals surface area contributed by atoms with Crippen molar-refractivity contribution >= 4 is 32.4 Å². The summed E-state index contributed by atoms with van der Waals surface area (Å²) in [5, 5.41) is 5.38. The van der Waals surface area contributed by atoms with E-state index in [0.29, 0.717) is 18.7 Å². The number of anilines is 1. The van der Waals surface area contributed by atoms with Gasteiger partial charge in [0.1, 0.15) is 6.54 Å². The number of fused-ring (bicyclic) bond motifs is 1. The molecule has 1 unspecified atom stereocenters. The van der Waals surface area contributed by atoms with Crippen LogP contribution >= 0.6 is 0 Å². The monoisotopic (exact) mass is 500 g/mol. The first-order valence-corrected chi connectivity index (χ1v) is 13.7. The van der Waals surface area contributed by atoms with Gasteiger partial charge in [0.05, 0.1) is 10.6 Å². The molecule has 4 aromatic rings. The lowest BCUT2D eigenvalue weighted by Gasteiger charge is -2.26. The highest BCUT2D eigenvalue weighted by Crippen LogP contribution is 2.27. The van der Waals surface area contributed by atoms with Crippen molar-refractivity contribution in [2.75, 3.05) is 17.4 Å². The van der Waals surface area contributed by atoms with E-state index in [1.165, 1.54) is 20.6 Å². The van der Waals surface area contributed by atoms with Gasteiger partial charge >= 0.3 is 0 Å². The predicted octanol–water partition coefficient (Wildman–Crippen LogP) is 5.59. The molecule has 1 atom stereocenters. The van der Waals surface area contributed by atoms with Crippen LogP contribution in [0.3, 0.4) is 0 Å². The molecule has 0 spiro atoms. The van der Waals surface area contributed by atoms with Crippen molar-refractivity contribution in [2.45, 2.75) is 31.6 Å². The molecule has 1 N–H and O–H groups in total. The molecule has 0 aromatic heterocycles. The Morgan fingerprint density at radius 1 is 0.833 bits per heavy atom. The number of amides is 1. The second-order valence-electron chi connectivity index (χ2n) is 9.06. The summed E-state index contributed by atoms with van der Waals surface area (Å²) in [6.07, 6.45) is 1.47. The molecular formula is C30H32N2O3S. The smallest absolute Gasteiger partial charge is 0.264 e. The van der Waals surface area contributed by atoms with E-state index in [1.54, 1.807) is 42.5 Å². The fraction of sp³-hybridized carbons (Fsp3) is 0.233. The molecule has 4 aromatic carbocycles. The summed E-state index contributed by atoms with van der Waals surface area (Å²) in [5.74, 6) is -0.146. The molecule has 1 amide bonds. The Hall–Kier alpha value is -3.64. The minimum absolute atomic E-state index is 0.160. The largest absolute Gasteiger partial charge is 0.354 e. The minimum atomic E-state index is -3.92. The Kier molecular flexibility index (Phi) is 8.06. The van der Waals surface area contributed by atoms with Crippen LogP contribution in [0.1, 0.15) is 25.0 Å². The number of carbonyl (C=O) groups excluding carboxylic acids is 1. The van der Waals surface area contributed by atoms with Crippen LogP contribution in [-0.4, -0.2) is 27.4 Å². The Labute approximate surface area is 213 Å². The summed E-state index contributed by atoms with van der Waals surface area (Å²) in [6, 6.07) is 30.1. The van der Waals surface area contributed by atoms with Crippen LogP contribution in [0.4, 0.5) is 5.69 Å². The lowest BCUT2D eigenvalue weighted by molar-refractivity contribution is -0.119. The van der Waals surface area contributed by atoms with Crippen LogP contribution in [0, 0.1) is 5.92 Å². The lowest BCUT2D eigenvalue weighted by Crippen LogP contribution is -2.42. The zero-order valence-electron chi connectivity index (χ0n) is 20.7. The SMILES string of the molecule is CCc1ccccc1N(CC(=O)NCC(C)Cc1cccc2ccccc12)S(=O)(=O)c1ccccc1. The molecule has 186 valence electrons. The third kappa shape index (κ3) is 5.77. The van der Waals surface area contributed by atoms with E-state index in [0.717, 1.165) is 12.0 Å². The van der Waals surface area contributed by atoms with Crippen LogP contribution in [0.2, 0.25) is 0 Å². The maximum atomic E-state index is 13.6. The summed E-state index contributed by atoms with van der Waals surface area (Å²) < 4.78 is 28.4. The van der Waals surface area contributed by atoms with Gasteiger partial charge in [-0.2, -0.15) is 0 Å². The molecule has 4 rings (SSSR count). The van der Waals surface area contributed by atoms with E-state index in [2.05, 4.69) is 42.6 Å². The summed E-state index contributed by atoms with van der Waals surface area (Å²) >= 11 is 0. The first-order chi connectivity index (χ1) is 17.4. The van der Waals surface area contributed by atoms with Crippen LogP contribution < -0.4 is 9.62 Å². The highest BCUT2D eigenvalue weighted by molar-refractivity contribution is 7.92. The van der Waals surface area contributed by atoms with Crippen molar-refractivity contribution in [3.63, 3.8) is 0 Å². The van der Waals surface area contributed by atoms with E-state index >= 15 is 0 Å². The van der Waals surface area contributed by atoms with Crippen molar-refractivity contribution in [1.29, 1.82) is 0 Å². The highest BCUT2D eigenvalue weighted by atomic mass is 32.2. The minimum Gasteiger partial charge on any atom is -0.354 e. The molecule has 0 saturated heterocycles. The van der Waals surface area contributed by atoms with Gasteiger partial charge < -0.3 is 5.32 Å². The number of para-hydroxylation sites is 1. The number of carbonyl (C=O) groups is 1. The van der Waals surface area contributed by atoms with E-state index in [-0.39, 0.29) is 23.3 Å². The van der Waals surface area contributed by atoms with Gasteiger partial charge in [0.2, 0.25) is 5.91 Å². The summed E-state index contributed by atoms with van der Waals surface area (Å²) in [4.78, 5) is 13.2. The quantitative estimate of drug-likeness (QED) is 0.309. The highest BCUT2D eigenvalue weighted by Gasteiger charge is 2.28. The fourth-order valence-electron chi connectivity index (χ4n) is 4.46. The maximum absolute atomic E-state index is 13.6. The molecule has 0 aliphatic carbocycles. The molecule has 6 heteroatoms. The standard InChI is InChI=1S/C30H32N2O3S/c1-3-24-12-8-10-19-29(24)32(36(34,35)27-16-5-4-6-17-27)22-30(33)31-21-23(2)20-26-15-11-14-25-13-7-9-18-28(25)26/h4-19,23H,3,20-22H2,1-2H3,(H,31,33). The number of hydrogen-bond donors (Lipinski definition) is 1. The lowest BCUT2D eigenvalue weighted by atomic mass is 9.96. The van der Waals surface area contributed by atoms with Gasteiger partial charge in [0.25, 0.3) is 10.0 Å². The summed E-state index contributed by atoms with van der Waals surface area (Å²) in [7, 11) is -3.92. The third-order valence-electron chi connectivity index (χ3n) is 6.36. The Bertz CT molecular complexity index is 1430. The van der Waals surface area contributed by atoms with E-state index < -0.39 is 10.0 Å². The van der Waals surface area contributed by atoms with Gasteiger partial charge in [-0.05, 0) is 58.9 Å². The molecular weight excluding hydrogens is 468 g/mol. The van der Waals surface area contributed by atoms with Crippen molar-refractivity contribution in [1.82, 2.24) is 5.32 Å². The van der Waals surface area contributed by atoms with Crippen molar-refractivity contribution in [3.8, 4) is 0 Å². The zero-order chi connectivity index (χ0) is 25.5. The molecule has 0 bridgehead atoms. The zero-order valence-corrected chi connectivity index (χ0v) is 21.5. The molecule has 0 heterocycles. The van der Waals surface area contributed by atoms with Gasteiger partial charge in [-0.15, -0.1) is 0 Å². The topological polar surface area (TPSA) is 66.5 Å². The first-order valence-electron chi connectivity index (χ1n) is 12.3. The van der Waals surface area contributed by atoms with E-state index in [4.69, 9.17) is 0 Å². The van der Waals surface area contributed by atoms with Crippen LogP contribution in [0.15, 0.2) is 102 Å². The molecule has 0 aliphatic heterocycles. The number of nitrogens with one attached hydrogen (secondary N) is 1. The molecule has 0 radical (unpaired) electrons. The van der Waals surface area contributed by atoms with Crippen LogP contribution in [0.25, 0.3) is 10.8 Å². The van der Waals surface area contributed by atoms with Crippen molar-refractivity contribution in [3.05, 3.63) is 108 Å². The Morgan fingerprint density at radius 2 is 1.47 bits per heavy atom. The molecule has 0 aliphatic rings.